The molecule has 1 saturated carbocycles. The summed E-state index contributed by atoms with van der Waals surface area (Å²) in [5.41, 5.74) is 7.61. The third-order valence-corrected chi connectivity index (χ3v) is 9.02. The summed E-state index contributed by atoms with van der Waals surface area (Å²) in [5.74, 6) is 0.190. The Hall–Kier alpha value is -3.18. The molecule has 1 aromatic rings. The van der Waals surface area contributed by atoms with Crippen LogP contribution in [0, 0.1) is 11.8 Å². The number of carbonyl (C=O) groups is 4. The van der Waals surface area contributed by atoms with E-state index >= 15 is 0 Å². The Morgan fingerprint density at radius 2 is 2.05 bits per heavy atom. The zero-order chi connectivity index (χ0) is 28.5. The van der Waals surface area contributed by atoms with Crippen molar-refractivity contribution in [2.45, 2.75) is 69.6 Å². The molecule has 2 bridgehead atoms. The number of amides is 2. The fourth-order valence-corrected chi connectivity index (χ4v) is 6.83. The minimum atomic E-state index is -1.09. The van der Waals surface area contributed by atoms with Gasteiger partial charge >= 0.3 is 5.97 Å². The summed E-state index contributed by atoms with van der Waals surface area (Å²) in [7, 11) is 3.91. The van der Waals surface area contributed by atoms with E-state index in [1.54, 1.807) is 14.0 Å². The zero-order valence-electron chi connectivity index (χ0n) is 23.1. The molecule has 11 heteroatoms. The fraction of sp³-hybridized carbons (Fsp3) is 0.643. The van der Waals surface area contributed by atoms with E-state index in [4.69, 9.17) is 20.3 Å². The number of piperidine rings is 1. The molecule has 2 aliphatic heterocycles. The SMILES string of the molecule is CC[C@H](C)[C@H](NC(=O)CNC(=O)CN)C(=O)O.COc1ccc2c3c1O[C@H]1C(=O)CC[C@H]4[C@@H](C2)N(C)CC[C@]314. The number of ketones is 1. The topological polar surface area (TPSA) is 160 Å². The number of carboxylic acid groups (broad SMARTS) is 1. The molecular formula is C28H40N4O7. The summed E-state index contributed by atoms with van der Waals surface area (Å²) in [6.07, 6.45) is 4.10. The minimum Gasteiger partial charge on any atom is -0.493 e. The Morgan fingerprint density at radius 1 is 1.31 bits per heavy atom. The standard InChI is InChI=1S/C18H21NO3.C10H19N3O4/c1-19-8-7-18-11-4-5-13(20)17(18)22-16-14(21-2)6-3-10(15(16)18)9-12(11)19;1-3-6(2)9(10(16)17)13-8(15)5-12-7(14)4-11/h3,6,11-12,17H,4-5,7-9H2,1-2H3;6,9H,3-5,11H2,1-2H3,(H,12,14)(H,13,15)(H,16,17)/t11-,12+,17-,18-;6-,9-/m00/s1. The van der Waals surface area contributed by atoms with Gasteiger partial charge in [-0.05, 0) is 56.3 Å². The number of carboxylic acids is 1. The number of nitrogens with one attached hydrogen (secondary N) is 2. The largest absolute Gasteiger partial charge is 0.493 e. The van der Waals surface area contributed by atoms with E-state index in [0.717, 1.165) is 37.3 Å². The first kappa shape index (κ1) is 28.8. The Labute approximate surface area is 228 Å². The number of likely N-dealkylation sites (N-methyl/N-ethyl adjacent to an activating group) is 1. The number of benzene rings is 1. The molecule has 1 saturated heterocycles. The quantitative estimate of drug-likeness (QED) is 0.368. The maximum Gasteiger partial charge on any atom is 0.326 e. The number of hydrogen-bond donors (Lipinski definition) is 4. The van der Waals surface area contributed by atoms with Crippen molar-refractivity contribution in [1.29, 1.82) is 0 Å². The molecule has 5 N–H and O–H groups in total. The zero-order valence-corrected chi connectivity index (χ0v) is 23.1. The van der Waals surface area contributed by atoms with Gasteiger partial charge in [-0.1, -0.05) is 26.3 Å². The van der Waals surface area contributed by atoms with Crippen LogP contribution in [0.1, 0.15) is 50.7 Å². The molecule has 1 spiro atoms. The first-order valence-electron chi connectivity index (χ1n) is 13.7. The number of ether oxygens (including phenoxy) is 2. The molecule has 2 amide bonds. The van der Waals surface area contributed by atoms with Gasteiger partial charge in [-0.3, -0.25) is 14.4 Å². The third-order valence-electron chi connectivity index (χ3n) is 9.02. The lowest BCUT2D eigenvalue weighted by atomic mass is 9.52. The van der Waals surface area contributed by atoms with Crippen molar-refractivity contribution < 1.29 is 33.8 Å². The van der Waals surface area contributed by atoms with Crippen LogP contribution in [0.5, 0.6) is 11.5 Å². The highest BCUT2D eigenvalue weighted by atomic mass is 16.5. The number of Topliss-reactive ketones (excluding diaryl/α,β-unsaturated/α-hetero) is 1. The van der Waals surface area contributed by atoms with Crippen molar-refractivity contribution in [2.75, 3.05) is 33.8 Å². The molecule has 2 heterocycles. The molecule has 39 heavy (non-hydrogen) atoms. The van der Waals surface area contributed by atoms with E-state index in [0.29, 0.717) is 24.8 Å². The van der Waals surface area contributed by atoms with E-state index in [-0.39, 0.29) is 36.3 Å². The van der Waals surface area contributed by atoms with E-state index in [2.05, 4.69) is 28.6 Å². The Kier molecular flexibility index (Phi) is 8.51. The molecule has 5 rings (SSSR count). The maximum atomic E-state index is 12.6. The van der Waals surface area contributed by atoms with Crippen LogP contribution in [-0.2, 0) is 31.0 Å². The number of nitrogens with zero attached hydrogens (tertiary/aromatic N) is 1. The normalized spacial score (nSPS) is 27.6. The predicted molar refractivity (Wildman–Crippen MR) is 143 cm³/mol. The summed E-state index contributed by atoms with van der Waals surface area (Å²) in [4.78, 5) is 48.2. The molecule has 0 radical (unpaired) electrons. The van der Waals surface area contributed by atoms with Crippen LogP contribution in [0.15, 0.2) is 12.1 Å². The van der Waals surface area contributed by atoms with E-state index in [1.807, 2.05) is 13.0 Å². The summed E-state index contributed by atoms with van der Waals surface area (Å²) in [6, 6.07) is 3.79. The number of likely N-dealkylation sites (tertiary alicyclic amines) is 1. The molecule has 2 fully saturated rings. The van der Waals surface area contributed by atoms with Crippen molar-refractivity contribution in [2.24, 2.45) is 17.6 Å². The first-order chi connectivity index (χ1) is 18.6. The monoisotopic (exact) mass is 544 g/mol. The van der Waals surface area contributed by atoms with E-state index < -0.39 is 23.8 Å². The van der Waals surface area contributed by atoms with Crippen LogP contribution in [0.25, 0.3) is 0 Å². The van der Waals surface area contributed by atoms with Gasteiger partial charge in [-0.15, -0.1) is 0 Å². The fourth-order valence-electron chi connectivity index (χ4n) is 6.83. The van der Waals surface area contributed by atoms with Crippen LogP contribution in [-0.4, -0.2) is 85.6 Å². The Balaban J connectivity index is 0.000000190. The third kappa shape index (κ3) is 5.09. The highest BCUT2D eigenvalue weighted by Crippen LogP contribution is 2.63. The van der Waals surface area contributed by atoms with Crippen LogP contribution in [0.4, 0.5) is 0 Å². The second-order valence-corrected chi connectivity index (χ2v) is 11.0. The molecule has 2 aliphatic carbocycles. The second-order valence-electron chi connectivity index (χ2n) is 11.0. The predicted octanol–water partition coefficient (Wildman–Crippen LogP) is 0.610. The van der Waals surface area contributed by atoms with Crippen LogP contribution in [0.3, 0.4) is 0 Å². The second kappa shape index (κ2) is 11.5. The molecule has 1 aromatic carbocycles. The number of aliphatic carboxylic acids is 1. The lowest BCUT2D eigenvalue weighted by molar-refractivity contribution is -0.143. The molecule has 0 unspecified atom stereocenters. The van der Waals surface area contributed by atoms with Gasteiger partial charge in [0.05, 0.1) is 20.2 Å². The number of nitrogens with two attached hydrogens (primary N) is 1. The van der Waals surface area contributed by atoms with Crippen molar-refractivity contribution in [3.8, 4) is 11.5 Å². The summed E-state index contributed by atoms with van der Waals surface area (Å²) in [5, 5.41) is 13.5. The number of carbonyl (C=O) groups excluding carboxylic acids is 3. The molecule has 214 valence electrons. The molecule has 11 nitrogen and oxygen atoms in total. The van der Waals surface area contributed by atoms with Gasteiger partial charge in [0.15, 0.2) is 23.4 Å². The molecular weight excluding hydrogens is 504 g/mol. The van der Waals surface area contributed by atoms with Gasteiger partial charge in [0.1, 0.15) is 6.04 Å². The van der Waals surface area contributed by atoms with Crippen molar-refractivity contribution in [3.05, 3.63) is 23.3 Å². The van der Waals surface area contributed by atoms with Gasteiger partial charge in [0, 0.05) is 23.4 Å². The van der Waals surface area contributed by atoms with Gasteiger partial charge in [0.2, 0.25) is 11.8 Å². The number of hydrogen-bond acceptors (Lipinski definition) is 8. The van der Waals surface area contributed by atoms with Crippen molar-refractivity contribution in [1.82, 2.24) is 15.5 Å². The average Bonchev–Trinajstić information content (AvgIpc) is 3.28. The minimum absolute atomic E-state index is 0.0933. The van der Waals surface area contributed by atoms with Crippen LogP contribution >= 0.6 is 0 Å². The van der Waals surface area contributed by atoms with Gasteiger partial charge in [0.25, 0.3) is 0 Å². The van der Waals surface area contributed by atoms with Crippen molar-refractivity contribution in [3.63, 3.8) is 0 Å². The lowest BCUT2D eigenvalue weighted by Crippen LogP contribution is -2.65. The van der Waals surface area contributed by atoms with Crippen LogP contribution < -0.4 is 25.8 Å². The summed E-state index contributed by atoms with van der Waals surface area (Å²) in [6.45, 7) is 4.14. The van der Waals surface area contributed by atoms with Gasteiger partial charge in [-0.25, -0.2) is 4.79 Å². The average molecular weight is 545 g/mol. The van der Waals surface area contributed by atoms with Gasteiger partial charge in [-0.2, -0.15) is 0 Å². The molecule has 0 aromatic heterocycles. The maximum absolute atomic E-state index is 12.6. The Morgan fingerprint density at radius 3 is 2.69 bits per heavy atom. The number of rotatable bonds is 8. The lowest BCUT2D eigenvalue weighted by Gasteiger charge is -2.57. The van der Waals surface area contributed by atoms with Crippen LogP contribution in [0.2, 0.25) is 0 Å². The number of methoxy groups -OCH3 is 1. The first-order valence-corrected chi connectivity index (χ1v) is 13.7. The molecule has 6 atom stereocenters. The van der Waals surface area contributed by atoms with Gasteiger partial charge < -0.3 is 35.8 Å². The Bertz CT molecular complexity index is 1140. The highest BCUT2D eigenvalue weighted by Gasteiger charge is 2.65. The summed E-state index contributed by atoms with van der Waals surface area (Å²) >= 11 is 0. The van der Waals surface area contributed by atoms with E-state index in [1.165, 1.54) is 11.1 Å². The summed E-state index contributed by atoms with van der Waals surface area (Å²) < 4.78 is 11.8. The smallest absolute Gasteiger partial charge is 0.326 e. The van der Waals surface area contributed by atoms with Crippen molar-refractivity contribution >= 4 is 23.6 Å². The molecule has 4 aliphatic rings. The van der Waals surface area contributed by atoms with E-state index in [9.17, 15) is 19.2 Å². The highest BCUT2D eigenvalue weighted by molar-refractivity contribution is 5.89.